The summed E-state index contributed by atoms with van der Waals surface area (Å²) in [4.78, 5) is 0.232. The van der Waals surface area contributed by atoms with E-state index in [0.717, 1.165) is 5.56 Å². The lowest BCUT2D eigenvalue weighted by Crippen LogP contribution is -2.28. The number of anilines is 1. The molecule has 0 radical (unpaired) electrons. The Labute approximate surface area is 142 Å². The van der Waals surface area contributed by atoms with Gasteiger partial charge >= 0.3 is 0 Å². The number of hydrogen-bond donors (Lipinski definition) is 3. The average Bonchev–Trinajstić information content (AvgIpc) is 2.55. The van der Waals surface area contributed by atoms with Crippen LogP contribution in [0.25, 0.3) is 0 Å². The largest absolute Gasteiger partial charge is 0.358 e. The molecule has 0 aliphatic heterocycles. The van der Waals surface area contributed by atoms with Crippen molar-refractivity contribution in [2.75, 3.05) is 12.4 Å². The Kier molecular flexibility index (Phi) is 5.70. The molecule has 0 spiro atoms. The lowest BCUT2D eigenvalue weighted by atomic mass is 10.2. The van der Waals surface area contributed by atoms with Gasteiger partial charge < -0.3 is 10.6 Å². The summed E-state index contributed by atoms with van der Waals surface area (Å²) in [5.41, 5.74) is 2.40. The van der Waals surface area contributed by atoms with Gasteiger partial charge in [0.05, 0.1) is 4.90 Å². The van der Waals surface area contributed by atoms with E-state index in [0.29, 0.717) is 22.9 Å². The normalized spacial score (nSPS) is 11.0. The summed E-state index contributed by atoms with van der Waals surface area (Å²) < 4.78 is 26.3. The van der Waals surface area contributed by atoms with Crippen LogP contribution in [-0.4, -0.2) is 20.6 Å². The quantitative estimate of drug-likeness (QED) is 0.723. The van der Waals surface area contributed by atoms with Crippen LogP contribution in [0, 0.1) is 6.92 Å². The summed E-state index contributed by atoms with van der Waals surface area (Å²) in [6, 6.07) is 15.0. The Morgan fingerprint density at radius 1 is 1.13 bits per heavy atom. The molecular weight excluding hydrogens is 330 g/mol. The van der Waals surface area contributed by atoms with Crippen LogP contribution < -0.4 is 15.4 Å². The molecule has 0 fully saturated rings. The van der Waals surface area contributed by atoms with E-state index in [4.69, 9.17) is 12.2 Å². The first kappa shape index (κ1) is 17.4. The SMILES string of the molecule is CNS(=O)(=O)c1cc(NC(=S)NCc2ccccc2)ccc1C. The number of rotatable bonds is 5. The van der Waals surface area contributed by atoms with E-state index in [1.807, 2.05) is 30.3 Å². The molecule has 0 atom stereocenters. The van der Waals surface area contributed by atoms with Crippen molar-refractivity contribution in [3.05, 3.63) is 59.7 Å². The van der Waals surface area contributed by atoms with Gasteiger partial charge in [0.1, 0.15) is 0 Å². The van der Waals surface area contributed by atoms with Crippen molar-refractivity contribution in [3.8, 4) is 0 Å². The molecule has 7 heteroatoms. The van der Waals surface area contributed by atoms with Crippen molar-refractivity contribution in [1.29, 1.82) is 0 Å². The first-order chi connectivity index (χ1) is 10.9. The number of aryl methyl sites for hydroxylation is 1. The van der Waals surface area contributed by atoms with Gasteiger partial charge in [0.25, 0.3) is 0 Å². The van der Waals surface area contributed by atoms with Crippen LogP contribution in [0.2, 0.25) is 0 Å². The van der Waals surface area contributed by atoms with Crippen molar-refractivity contribution in [2.24, 2.45) is 0 Å². The maximum Gasteiger partial charge on any atom is 0.240 e. The van der Waals surface area contributed by atoms with E-state index in [2.05, 4.69) is 15.4 Å². The molecule has 0 amide bonds. The Bertz CT molecular complexity index is 790. The van der Waals surface area contributed by atoms with Gasteiger partial charge in [0.2, 0.25) is 10.0 Å². The van der Waals surface area contributed by atoms with Crippen LogP contribution in [0.4, 0.5) is 5.69 Å². The molecule has 2 aromatic carbocycles. The molecule has 2 rings (SSSR count). The summed E-state index contributed by atoms with van der Waals surface area (Å²) in [5, 5.41) is 6.53. The molecule has 0 aliphatic rings. The highest BCUT2D eigenvalue weighted by molar-refractivity contribution is 7.89. The molecule has 5 nitrogen and oxygen atoms in total. The number of thiocarbonyl (C=S) groups is 1. The van der Waals surface area contributed by atoms with Crippen molar-refractivity contribution in [2.45, 2.75) is 18.4 Å². The topological polar surface area (TPSA) is 70.2 Å². The van der Waals surface area contributed by atoms with Crippen LogP contribution in [-0.2, 0) is 16.6 Å². The molecule has 122 valence electrons. The second-order valence-electron chi connectivity index (χ2n) is 4.98. The van der Waals surface area contributed by atoms with Crippen LogP contribution in [0.3, 0.4) is 0 Å². The van der Waals surface area contributed by atoms with Crippen LogP contribution in [0.5, 0.6) is 0 Å². The van der Waals surface area contributed by atoms with E-state index in [-0.39, 0.29) is 4.90 Å². The molecule has 0 bridgehead atoms. The van der Waals surface area contributed by atoms with Crippen LogP contribution in [0.1, 0.15) is 11.1 Å². The summed E-state index contributed by atoms with van der Waals surface area (Å²) in [6.07, 6.45) is 0. The van der Waals surface area contributed by atoms with E-state index in [1.165, 1.54) is 7.05 Å². The molecule has 2 aromatic rings. The maximum atomic E-state index is 12.0. The van der Waals surface area contributed by atoms with Crippen molar-refractivity contribution >= 4 is 33.0 Å². The van der Waals surface area contributed by atoms with E-state index < -0.39 is 10.0 Å². The molecule has 0 heterocycles. The monoisotopic (exact) mass is 349 g/mol. The minimum Gasteiger partial charge on any atom is -0.358 e. The Balaban J connectivity index is 2.05. The maximum absolute atomic E-state index is 12.0. The molecule has 0 saturated carbocycles. The summed E-state index contributed by atoms with van der Waals surface area (Å²) >= 11 is 5.25. The van der Waals surface area contributed by atoms with Gasteiger partial charge in [-0.15, -0.1) is 0 Å². The molecule has 0 unspecified atom stereocenters. The molecule has 0 saturated heterocycles. The van der Waals surface area contributed by atoms with Gasteiger partial charge in [0, 0.05) is 12.2 Å². The predicted molar refractivity (Wildman–Crippen MR) is 96.9 cm³/mol. The highest BCUT2D eigenvalue weighted by Gasteiger charge is 2.15. The Morgan fingerprint density at radius 3 is 2.48 bits per heavy atom. The second kappa shape index (κ2) is 7.54. The summed E-state index contributed by atoms with van der Waals surface area (Å²) in [6.45, 7) is 2.35. The molecule has 3 N–H and O–H groups in total. The molecular formula is C16H19N3O2S2. The summed E-state index contributed by atoms with van der Waals surface area (Å²) in [7, 11) is -2.11. The van der Waals surface area contributed by atoms with Gasteiger partial charge in [0.15, 0.2) is 5.11 Å². The van der Waals surface area contributed by atoms with Crippen molar-refractivity contribution in [3.63, 3.8) is 0 Å². The fourth-order valence-corrected chi connectivity index (χ4v) is 3.21. The third-order valence-corrected chi connectivity index (χ3v) is 5.10. The van der Waals surface area contributed by atoms with E-state index >= 15 is 0 Å². The average molecular weight is 349 g/mol. The third-order valence-electron chi connectivity index (χ3n) is 3.30. The fraction of sp³-hybridized carbons (Fsp3) is 0.188. The standard InChI is InChI=1S/C16H19N3O2S2/c1-12-8-9-14(10-15(12)23(20,21)17-2)19-16(22)18-11-13-6-4-3-5-7-13/h3-10,17H,11H2,1-2H3,(H2,18,19,22). The number of benzene rings is 2. The first-order valence-electron chi connectivity index (χ1n) is 7.05. The van der Waals surface area contributed by atoms with Gasteiger partial charge in [-0.05, 0) is 49.4 Å². The van der Waals surface area contributed by atoms with E-state index in [9.17, 15) is 8.42 Å². The summed E-state index contributed by atoms with van der Waals surface area (Å²) in [5.74, 6) is 0. The lowest BCUT2D eigenvalue weighted by Gasteiger charge is -2.13. The number of hydrogen-bond acceptors (Lipinski definition) is 3. The van der Waals surface area contributed by atoms with Gasteiger partial charge in [-0.2, -0.15) is 0 Å². The number of sulfonamides is 1. The number of nitrogens with one attached hydrogen (secondary N) is 3. The van der Waals surface area contributed by atoms with Gasteiger partial charge in [-0.3, -0.25) is 0 Å². The highest BCUT2D eigenvalue weighted by atomic mass is 32.2. The van der Waals surface area contributed by atoms with Gasteiger partial charge in [-0.1, -0.05) is 36.4 Å². The molecule has 0 aliphatic carbocycles. The first-order valence-corrected chi connectivity index (χ1v) is 8.94. The zero-order valence-corrected chi connectivity index (χ0v) is 14.6. The van der Waals surface area contributed by atoms with Crippen molar-refractivity contribution in [1.82, 2.24) is 10.0 Å². The Hall–Kier alpha value is -1.96. The zero-order valence-electron chi connectivity index (χ0n) is 13.0. The minimum absolute atomic E-state index is 0.232. The fourth-order valence-electron chi connectivity index (χ4n) is 2.03. The Morgan fingerprint density at radius 2 is 1.83 bits per heavy atom. The van der Waals surface area contributed by atoms with E-state index in [1.54, 1.807) is 25.1 Å². The lowest BCUT2D eigenvalue weighted by molar-refractivity contribution is 0.587. The van der Waals surface area contributed by atoms with Crippen molar-refractivity contribution < 1.29 is 8.42 Å². The zero-order chi connectivity index (χ0) is 16.9. The highest BCUT2D eigenvalue weighted by Crippen LogP contribution is 2.19. The van der Waals surface area contributed by atoms with Crippen LogP contribution in [0.15, 0.2) is 53.4 Å². The van der Waals surface area contributed by atoms with Gasteiger partial charge in [-0.25, -0.2) is 13.1 Å². The second-order valence-corrected chi connectivity index (χ2v) is 7.24. The smallest absolute Gasteiger partial charge is 0.240 e. The molecule has 0 aromatic heterocycles. The predicted octanol–water partition coefficient (Wildman–Crippen LogP) is 2.39. The van der Waals surface area contributed by atoms with Crippen LogP contribution >= 0.6 is 12.2 Å². The molecule has 23 heavy (non-hydrogen) atoms. The minimum atomic E-state index is -3.50. The third kappa shape index (κ3) is 4.75.